The maximum atomic E-state index is 12.0. The number of hydrogen-bond acceptors (Lipinski definition) is 4. The molecule has 0 saturated heterocycles. The molecule has 0 saturated carbocycles. The molecule has 0 radical (unpaired) electrons. The molecule has 0 atom stereocenters. The molecule has 0 aliphatic rings. The molecule has 0 spiro atoms. The number of amides is 1. The van der Waals surface area contributed by atoms with Crippen molar-refractivity contribution < 1.29 is 14.3 Å². The summed E-state index contributed by atoms with van der Waals surface area (Å²) in [4.78, 5) is 25.4. The lowest BCUT2D eigenvalue weighted by Gasteiger charge is -2.07. The van der Waals surface area contributed by atoms with Gasteiger partial charge in [0, 0.05) is 20.6 Å². The van der Waals surface area contributed by atoms with Gasteiger partial charge in [0.25, 0.3) is 5.91 Å². The summed E-state index contributed by atoms with van der Waals surface area (Å²) in [6, 6.07) is 6.45. The first kappa shape index (κ1) is 17.8. The number of rotatable bonds is 5. The molecule has 1 heterocycles. The first-order valence-corrected chi connectivity index (χ1v) is 8.48. The summed E-state index contributed by atoms with van der Waals surface area (Å²) in [5.74, 6) is -0.960. The zero-order chi connectivity index (χ0) is 17.0. The van der Waals surface area contributed by atoms with E-state index in [1.165, 1.54) is 11.3 Å². The van der Waals surface area contributed by atoms with Gasteiger partial charge in [-0.25, -0.2) is 4.79 Å². The Hall–Kier alpha value is -1.56. The highest BCUT2D eigenvalue weighted by Gasteiger charge is 2.15. The fraction of sp³-hybridized carbons (Fsp3) is 0.250. The molecule has 122 valence electrons. The third-order valence-corrected chi connectivity index (χ3v) is 4.82. The van der Waals surface area contributed by atoms with Crippen LogP contribution in [0.3, 0.4) is 0 Å². The van der Waals surface area contributed by atoms with Crippen molar-refractivity contribution in [3.05, 3.63) is 49.6 Å². The predicted molar refractivity (Wildman–Crippen MR) is 93.8 cm³/mol. The number of benzene rings is 1. The van der Waals surface area contributed by atoms with Crippen LogP contribution in [-0.2, 0) is 16.0 Å². The highest BCUT2D eigenvalue weighted by atomic mass is 35.5. The van der Waals surface area contributed by atoms with E-state index in [0.717, 1.165) is 16.9 Å². The van der Waals surface area contributed by atoms with Crippen LogP contribution in [0.1, 0.15) is 27.0 Å². The van der Waals surface area contributed by atoms with Crippen LogP contribution in [0.5, 0.6) is 0 Å². The van der Waals surface area contributed by atoms with E-state index in [9.17, 15) is 9.59 Å². The maximum Gasteiger partial charge on any atom is 0.348 e. The molecule has 0 unspecified atom stereocenters. The summed E-state index contributed by atoms with van der Waals surface area (Å²) in [5, 5.41) is 3.39. The van der Waals surface area contributed by atoms with Crippen molar-refractivity contribution in [1.82, 2.24) is 0 Å². The van der Waals surface area contributed by atoms with E-state index in [-0.39, 0.29) is 6.61 Å². The van der Waals surface area contributed by atoms with Crippen molar-refractivity contribution in [2.45, 2.75) is 20.3 Å². The SMILES string of the molecule is CCc1sc(C(=O)OCC(=O)Nc2cc(Cl)cc(Cl)c2)cc1C. The number of esters is 1. The van der Waals surface area contributed by atoms with E-state index in [0.29, 0.717) is 20.6 Å². The number of hydrogen-bond donors (Lipinski definition) is 1. The molecule has 7 heteroatoms. The van der Waals surface area contributed by atoms with Gasteiger partial charge >= 0.3 is 5.97 Å². The molecule has 2 rings (SSSR count). The predicted octanol–water partition coefficient (Wildman–Crippen LogP) is 4.72. The molecule has 1 aromatic carbocycles. The zero-order valence-corrected chi connectivity index (χ0v) is 14.9. The standard InChI is InChI=1S/C16H15Cl2NO3S/c1-3-13-9(2)4-14(23-13)16(21)22-8-15(20)19-12-6-10(17)5-11(18)7-12/h4-7H,3,8H2,1-2H3,(H,19,20). The minimum atomic E-state index is -0.503. The fourth-order valence-electron chi connectivity index (χ4n) is 2.00. The molecular weight excluding hydrogens is 357 g/mol. The molecule has 0 fully saturated rings. The molecule has 1 N–H and O–H groups in total. The fourth-order valence-corrected chi connectivity index (χ4v) is 3.53. The number of carbonyl (C=O) groups is 2. The van der Waals surface area contributed by atoms with Gasteiger partial charge in [0.1, 0.15) is 4.88 Å². The summed E-state index contributed by atoms with van der Waals surface area (Å²) in [7, 11) is 0. The highest BCUT2D eigenvalue weighted by Crippen LogP contribution is 2.24. The topological polar surface area (TPSA) is 55.4 Å². The monoisotopic (exact) mass is 371 g/mol. The minimum Gasteiger partial charge on any atom is -0.451 e. The van der Waals surface area contributed by atoms with Crippen molar-refractivity contribution in [2.24, 2.45) is 0 Å². The van der Waals surface area contributed by atoms with Gasteiger partial charge in [-0.15, -0.1) is 11.3 Å². The van der Waals surface area contributed by atoms with Gasteiger partial charge in [0.15, 0.2) is 6.61 Å². The quantitative estimate of drug-likeness (QED) is 0.773. The van der Waals surface area contributed by atoms with E-state index in [1.54, 1.807) is 24.3 Å². The van der Waals surface area contributed by atoms with Gasteiger partial charge in [-0.05, 0) is 43.2 Å². The lowest BCUT2D eigenvalue weighted by molar-refractivity contribution is -0.119. The van der Waals surface area contributed by atoms with Crippen LogP contribution in [0.2, 0.25) is 10.0 Å². The van der Waals surface area contributed by atoms with Crippen LogP contribution in [-0.4, -0.2) is 18.5 Å². The molecule has 2 aromatic rings. The van der Waals surface area contributed by atoms with Crippen LogP contribution in [0.4, 0.5) is 5.69 Å². The molecule has 23 heavy (non-hydrogen) atoms. The first-order chi connectivity index (χ1) is 10.9. The molecule has 1 amide bonds. The Morgan fingerprint density at radius 3 is 2.39 bits per heavy atom. The van der Waals surface area contributed by atoms with E-state index in [2.05, 4.69) is 5.32 Å². The summed E-state index contributed by atoms with van der Waals surface area (Å²) < 4.78 is 5.03. The van der Waals surface area contributed by atoms with Gasteiger partial charge in [-0.1, -0.05) is 30.1 Å². The summed E-state index contributed by atoms with van der Waals surface area (Å²) in [6.45, 7) is 3.60. The van der Waals surface area contributed by atoms with Crippen LogP contribution in [0.15, 0.2) is 24.3 Å². The third kappa shape index (κ3) is 4.96. The van der Waals surface area contributed by atoms with Crippen molar-refractivity contribution in [3.8, 4) is 0 Å². The molecule has 0 bridgehead atoms. The Morgan fingerprint density at radius 2 is 1.83 bits per heavy atom. The first-order valence-electron chi connectivity index (χ1n) is 6.91. The Bertz CT molecular complexity index is 723. The van der Waals surface area contributed by atoms with Crippen LogP contribution in [0.25, 0.3) is 0 Å². The van der Waals surface area contributed by atoms with E-state index in [4.69, 9.17) is 27.9 Å². The van der Waals surface area contributed by atoms with Crippen molar-refractivity contribution in [3.63, 3.8) is 0 Å². The summed E-state index contributed by atoms with van der Waals surface area (Å²) in [6.07, 6.45) is 0.861. The summed E-state index contributed by atoms with van der Waals surface area (Å²) in [5.41, 5.74) is 1.51. The number of halogens is 2. The Balaban J connectivity index is 1.91. The second kappa shape index (κ2) is 7.81. The van der Waals surface area contributed by atoms with Gasteiger partial charge in [0.2, 0.25) is 0 Å². The maximum absolute atomic E-state index is 12.0. The van der Waals surface area contributed by atoms with Crippen LogP contribution >= 0.6 is 34.5 Å². The average molecular weight is 372 g/mol. The Labute approximate surface area is 148 Å². The third-order valence-electron chi connectivity index (χ3n) is 3.02. The van der Waals surface area contributed by atoms with E-state index >= 15 is 0 Å². The number of carbonyl (C=O) groups excluding carboxylic acids is 2. The normalized spacial score (nSPS) is 10.4. The lowest BCUT2D eigenvalue weighted by Crippen LogP contribution is -2.20. The number of anilines is 1. The molecule has 4 nitrogen and oxygen atoms in total. The number of ether oxygens (including phenoxy) is 1. The smallest absolute Gasteiger partial charge is 0.348 e. The van der Waals surface area contributed by atoms with Gasteiger partial charge in [0.05, 0.1) is 0 Å². The number of thiophene rings is 1. The Kier molecular flexibility index (Phi) is 6.04. The molecule has 1 aromatic heterocycles. The van der Waals surface area contributed by atoms with Crippen LogP contribution in [0, 0.1) is 6.92 Å². The highest BCUT2D eigenvalue weighted by molar-refractivity contribution is 7.14. The number of nitrogens with one attached hydrogen (secondary N) is 1. The van der Waals surface area contributed by atoms with Crippen molar-refractivity contribution >= 4 is 52.1 Å². The van der Waals surface area contributed by atoms with Crippen molar-refractivity contribution in [2.75, 3.05) is 11.9 Å². The molecule has 0 aliphatic carbocycles. The molecular formula is C16H15Cl2NO3S. The lowest BCUT2D eigenvalue weighted by atomic mass is 10.2. The minimum absolute atomic E-state index is 0.374. The average Bonchev–Trinajstić information content (AvgIpc) is 2.85. The van der Waals surface area contributed by atoms with Crippen LogP contribution < -0.4 is 5.32 Å². The second-order valence-electron chi connectivity index (χ2n) is 4.85. The second-order valence-corrected chi connectivity index (χ2v) is 6.86. The van der Waals surface area contributed by atoms with Gasteiger partial charge in [-0.3, -0.25) is 4.79 Å². The van der Waals surface area contributed by atoms with E-state index < -0.39 is 11.9 Å². The zero-order valence-electron chi connectivity index (χ0n) is 12.6. The Morgan fingerprint density at radius 1 is 1.17 bits per heavy atom. The van der Waals surface area contributed by atoms with Gasteiger partial charge in [-0.2, -0.15) is 0 Å². The van der Waals surface area contributed by atoms with Gasteiger partial charge < -0.3 is 10.1 Å². The number of aryl methyl sites for hydroxylation is 2. The molecule has 0 aliphatic heterocycles. The van der Waals surface area contributed by atoms with Crippen molar-refractivity contribution in [1.29, 1.82) is 0 Å². The van der Waals surface area contributed by atoms with E-state index in [1.807, 2.05) is 13.8 Å². The largest absolute Gasteiger partial charge is 0.451 e. The summed E-state index contributed by atoms with van der Waals surface area (Å²) >= 11 is 13.1.